The normalized spacial score (nSPS) is 9.86. The summed E-state index contributed by atoms with van der Waals surface area (Å²) in [5, 5.41) is 2.74. The van der Waals surface area contributed by atoms with Crippen LogP contribution in [0.15, 0.2) is 54.6 Å². The fraction of sp³-hybridized carbons (Fsp3) is 0.118. The number of nitrogens with one attached hydrogen (secondary N) is 1. The van der Waals surface area contributed by atoms with Gasteiger partial charge in [-0.2, -0.15) is 0 Å². The Morgan fingerprint density at radius 1 is 0.909 bits per heavy atom. The topological polar surface area (TPSA) is 72.5 Å². The fourth-order valence-corrected chi connectivity index (χ4v) is 1.78. The van der Waals surface area contributed by atoms with Gasteiger partial charge in [0.2, 0.25) is 0 Å². The summed E-state index contributed by atoms with van der Waals surface area (Å²) < 4.78 is 4.65. The lowest BCUT2D eigenvalue weighted by Crippen LogP contribution is -2.13. The Morgan fingerprint density at radius 2 is 1.55 bits per heavy atom. The predicted molar refractivity (Wildman–Crippen MR) is 81.8 cm³/mol. The van der Waals surface area contributed by atoms with Crippen LogP contribution in [-0.2, 0) is 9.53 Å². The van der Waals surface area contributed by atoms with E-state index in [0.29, 0.717) is 16.8 Å². The van der Waals surface area contributed by atoms with Gasteiger partial charge in [0, 0.05) is 23.7 Å². The number of ether oxygens (including phenoxy) is 1. The lowest BCUT2D eigenvalue weighted by atomic mass is 10.1. The van der Waals surface area contributed by atoms with Crippen molar-refractivity contribution in [1.82, 2.24) is 0 Å². The zero-order valence-corrected chi connectivity index (χ0v) is 12.0. The lowest BCUT2D eigenvalue weighted by Gasteiger charge is -2.06. The second-order valence-electron chi connectivity index (χ2n) is 4.60. The van der Waals surface area contributed by atoms with E-state index in [1.54, 1.807) is 48.5 Å². The molecule has 0 radical (unpaired) electrons. The summed E-state index contributed by atoms with van der Waals surface area (Å²) in [5.74, 6) is -1.02. The second kappa shape index (κ2) is 7.17. The number of carbonyl (C=O) groups is 3. The second-order valence-corrected chi connectivity index (χ2v) is 4.60. The van der Waals surface area contributed by atoms with Gasteiger partial charge in [0.25, 0.3) is 5.91 Å². The van der Waals surface area contributed by atoms with Crippen molar-refractivity contribution in [2.75, 3.05) is 11.9 Å². The molecule has 112 valence electrons. The third kappa shape index (κ3) is 4.28. The first-order chi connectivity index (χ1) is 10.6. The summed E-state index contributed by atoms with van der Waals surface area (Å²) in [5.41, 5.74) is 1.55. The van der Waals surface area contributed by atoms with E-state index in [1.165, 1.54) is 6.92 Å². The van der Waals surface area contributed by atoms with Crippen molar-refractivity contribution in [2.24, 2.45) is 0 Å². The van der Waals surface area contributed by atoms with Crippen molar-refractivity contribution < 1.29 is 19.1 Å². The third-order valence-electron chi connectivity index (χ3n) is 2.91. The molecule has 0 bridgehead atoms. The Morgan fingerprint density at radius 3 is 2.14 bits per heavy atom. The molecule has 1 N–H and O–H groups in total. The zero-order chi connectivity index (χ0) is 15.9. The van der Waals surface area contributed by atoms with Gasteiger partial charge in [-0.3, -0.25) is 14.4 Å². The maximum atomic E-state index is 12.0. The summed E-state index contributed by atoms with van der Waals surface area (Å²) in [4.78, 5) is 34.4. The Labute approximate surface area is 127 Å². The van der Waals surface area contributed by atoms with Crippen molar-refractivity contribution in [3.8, 4) is 0 Å². The molecule has 0 aliphatic rings. The average molecular weight is 297 g/mol. The maximum absolute atomic E-state index is 12.0. The number of benzene rings is 2. The molecule has 2 aromatic carbocycles. The molecule has 0 saturated carbocycles. The first kappa shape index (κ1) is 15.4. The molecule has 0 fully saturated rings. The minimum absolute atomic E-state index is 0.223. The van der Waals surface area contributed by atoms with Crippen LogP contribution in [0.4, 0.5) is 5.69 Å². The van der Waals surface area contributed by atoms with Gasteiger partial charge in [-0.15, -0.1) is 0 Å². The smallest absolute Gasteiger partial charge is 0.303 e. The van der Waals surface area contributed by atoms with Crippen LogP contribution in [0.1, 0.15) is 27.6 Å². The molecule has 0 spiro atoms. The molecule has 5 heteroatoms. The number of amides is 1. The highest BCUT2D eigenvalue weighted by Gasteiger charge is 2.09. The third-order valence-corrected chi connectivity index (χ3v) is 2.91. The van der Waals surface area contributed by atoms with Crippen LogP contribution in [-0.4, -0.2) is 24.3 Å². The van der Waals surface area contributed by atoms with Gasteiger partial charge in [-0.05, 0) is 36.4 Å². The highest BCUT2D eigenvalue weighted by molar-refractivity contribution is 6.04. The number of esters is 1. The lowest BCUT2D eigenvalue weighted by molar-refractivity contribution is -0.139. The summed E-state index contributed by atoms with van der Waals surface area (Å²) in [6.07, 6.45) is 0. The molecule has 2 rings (SSSR count). The van der Waals surface area contributed by atoms with Gasteiger partial charge >= 0.3 is 5.97 Å². The summed E-state index contributed by atoms with van der Waals surface area (Å²) in [6, 6.07) is 15.2. The summed E-state index contributed by atoms with van der Waals surface area (Å²) in [6.45, 7) is 0.959. The predicted octanol–water partition coefficient (Wildman–Crippen LogP) is 2.68. The van der Waals surface area contributed by atoms with E-state index in [1.807, 2.05) is 6.07 Å². The van der Waals surface area contributed by atoms with Crippen molar-refractivity contribution in [3.63, 3.8) is 0 Å². The summed E-state index contributed by atoms with van der Waals surface area (Å²) >= 11 is 0. The summed E-state index contributed by atoms with van der Waals surface area (Å²) in [7, 11) is 0. The average Bonchev–Trinajstić information content (AvgIpc) is 2.54. The Hall–Kier alpha value is -2.95. The van der Waals surface area contributed by atoms with Crippen molar-refractivity contribution in [2.45, 2.75) is 6.92 Å². The fourth-order valence-electron chi connectivity index (χ4n) is 1.78. The van der Waals surface area contributed by atoms with Crippen LogP contribution in [0, 0.1) is 0 Å². The number of rotatable bonds is 5. The Kier molecular flexibility index (Phi) is 5.03. The van der Waals surface area contributed by atoms with Gasteiger partial charge in [0.15, 0.2) is 12.4 Å². The van der Waals surface area contributed by atoms with E-state index >= 15 is 0 Å². The molecule has 5 nitrogen and oxygen atoms in total. The molecule has 0 aliphatic carbocycles. The van der Waals surface area contributed by atoms with Gasteiger partial charge in [-0.1, -0.05) is 18.2 Å². The quantitative estimate of drug-likeness (QED) is 0.680. The van der Waals surface area contributed by atoms with Crippen molar-refractivity contribution in [1.29, 1.82) is 0 Å². The largest absolute Gasteiger partial charge is 0.457 e. The molecule has 2 aromatic rings. The van der Waals surface area contributed by atoms with Crippen molar-refractivity contribution >= 4 is 23.3 Å². The molecule has 0 unspecified atom stereocenters. The molecular formula is C17H15NO4. The number of hydrogen-bond donors (Lipinski definition) is 1. The highest BCUT2D eigenvalue weighted by Crippen LogP contribution is 2.12. The molecule has 0 saturated heterocycles. The monoisotopic (exact) mass is 297 g/mol. The van der Waals surface area contributed by atoms with E-state index in [4.69, 9.17) is 0 Å². The molecule has 1 amide bonds. The number of ketones is 1. The van der Waals surface area contributed by atoms with Crippen LogP contribution in [0.5, 0.6) is 0 Å². The van der Waals surface area contributed by atoms with Crippen LogP contribution in [0.3, 0.4) is 0 Å². The molecule has 0 heterocycles. The molecule has 0 aliphatic heterocycles. The molecule has 22 heavy (non-hydrogen) atoms. The number of carbonyl (C=O) groups excluding carboxylic acids is 3. The van der Waals surface area contributed by atoms with Crippen LogP contribution in [0.2, 0.25) is 0 Å². The Balaban J connectivity index is 1.98. The van der Waals surface area contributed by atoms with Crippen LogP contribution >= 0.6 is 0 Å². The SMILES string of the molecule is CC(=O)OCC(=O)c1ccc(NC(=O)c2ccccc2)cc1. The first-order valence-electron chi connectivity index (χ1n) is 6.69. The van der Waals surface area contributed by atoms with E-state index in [-0.39, 0.29) is 18.3 Å². The zero-order valence-electron chi connectivity index (χ0n) is 12.0. The van der Waals surface area contributed by atoms with E-state index in [9.17, 15) is 14.4 Å². The van der Waals surface area contributed by atoms with Gasteiger partial charge < -0.3 is 10.1 Å². The maximum Gasteiger partial charge on any atom is 0.303 e. The van der Waals surface area contributed by atoms with E-state index in [2.05, 4.69) is 10.1 Å². The molecule has 0 atom stereocenters. The van der Waals surface area contributed by atoms with Gasteiger partial charge in [0.05, 0.1) is 0 Å². The van der Waals surface area contributed by atoms with Crippen molar-refractivity contribution in [3.05, 3.63) is 65.7 Å². The molecule has 0 aromatic heterocycles. The number of Topliss-reactive ketones (excluding diaryl/α,β-unsaturated/α-hetero) is 1. The highest BCUT2D eigenvalue weighted by atomic mass is 16.5. The molecular weight excluding hydrogens is 282 g/mol. The standard InChI is InChI=1S/C17H15NO4/c1-12(19)22-11-16(20)13-7-9-15(10-8-13)18-17(21)14-5-3-2-4-6-14/h2-10H,11H2,1H3,(H,18,21). The van der Waals surface area contributed by atoms with Gasteiger partial charge in [0.1, 0.15) is 0 Å². The Bertz CT molecular complexity index is 678. The minimum Gasteiger partial charge on any atom is -0.457 e. The van der Waals surface area contributed by atoms with E-state index < -0.39 is 5.97 Å². The van der Waals surface area contributed by atoms with E-state index in [0.717, 1.165) is 0 Å². The van der Waals surface area contributed by atoms with Gasteiger partial charge in [-0.25, -0.2) is 0 Å². The van der Waals surface area contributed by atoms with Crippen LogP contribution in [0.25, 0.3) is 0 Å². The minimum atomic E-state index is -0.500. The number of hydrogen-bond acceptors (Lipinski definition) is 4. The van der Waals surface area contributed by atoms with Crippen LogP contribution < -0.4 is 5.32 Å². The number of anilines is 1. The first-order valence-corrected chi connectivity index (χ1v) is 6.69.